The van der Waals surface area contributed by atoms with Crippen molar-refractivity contribution in [1.82, 2.24) is 10.5 Å². The molecule has 4 aliphatic rings. The molecule has 1 aromatic heterocycles. The van der Waals surface area contributed by atoms with Gasteiger partial charge in [-0.05, 0) is 29.8 Å². The standard InChI is InChI=1S/C19H16N4O4.ClH/c1-10-19(15-8-25-22-16(15)26-19)27-17(24)23(10)12-4-2-11(3-5-12)18(9-20)13-6-21-7-14(13)18;/h2-5,8,10,13-14,21H,6-7H2,1H3;1H/t10?,13-,14+,18-,19-;/m0./s1. The second kappa shape index (κ2) is 5.40. The fourth-order valence-electron chi connectivity index (χ4n) is 5.09. The number of anilines is 1. The Bertz CT molecular complexity index is 1010. The van der Waals surface area contributed by atoms with Crippen LogP contribution >= 0.6 is 12.4 Å². The average molecular weight is 401 g/mol. The normalized spacial score (nSPS) is 36.5. The number of piperidine rings is 1. The van der Waals surface area contributed by atoms with Crippen LogP contribution < -0.4 is 15.0 Å². The molecule has 3 aliphatic heterocycles. The molecule has 144 valence electrons. The van der Waals surface area contributed by atoms with Crippen molar-refractivity contribution in [3.05, 3.63) is 41.7 Å². The quantitative estimate of drug-likeness (QED) is 0.825. The predicted molar refractivity (Wildman–Crippen MR) is 98.1 cm³/mol. The van der Waals surface area contributed by atoms with Gasteiger partial charge in [-0.3, -0.25) is 4.90 Å². The summed E-state index contributed by atoms with van der Waals surface area (Å²) in [6.45, 7) is 3.63. The molecule has 1 N–H and O–H groups in total. The van der Waals surface area contributed by atoms with E-state index < -0.39 is 17.3 Å². The second-order valence-corrected chi connectivity index (χ2v) is 7.62. The number of nitrogens with one attached hydrogen (secondary N) is 1. The molecular weight excluding hydrogens is 384 g/mol. The Kier molecular flexibility index (Phi) is 3.35. The lowest BCUT2D eigenvalue weighted by molar-refractivity contribution is -0.170. The number of rotatable bonds is 2. The molecule has 1 saturated carbocycles. The molecule has 0 radical (unpaired) electrons. The first-order valence-corrected chi connectivity index (χ1v) is 9.00. The van der Waals surface area contributed by atoms with Gasteiger partial charge in [-0.1, -0.05) is 12.1 Å². The molecule has 2 aromatic rings. The fraction of sp³-hybridized carbons (Fsp3) is 0.421. The highest BCUT2D eigenvalue weighted by atomic mass is 35.5. The number of ether oxygens (including phenoxy) is 2. The zero-order valence-corrected chi connectivity index (χ0v) is 15.7. The molecule has 2 saturated heterocycles. The molecular formula is C19H17ClN4O4. The number of carbonyl (C=O) groups is 1. The molecule has 1 aromatic carbocycles. The molecule has 6 rings (SSSR count). The van der Waals surface area contributed by atoms with Crippen molar-refractivity contribution >= 4 is 24.2 Å². The van der Waals surface area contributed by atoms with Crippen LogP contribution in [0.1, 0.15) is 18.1 Å². The number of aromatic nitrogens is 1. The summed E-state index contributed by atoms with van der Waals surface area (Å²) in [5, 5.41) is 16.8. The summed E-state index contributed by atoms with van der Waals surface area (Å²) in [4.78, 5) is 14.1. The third-order valence-electron chi connectivity index (χ3n) is 6.62. The molecule has 1 amide bonds. The maximum absolute atomic E-state index is 12.5. The highest BCUT2D eigenvalue weighted by molar-refractivity contribution is 5.91. The first-order chi connectivity index (χ1) is 13.1. The number of amides is 1. The summed E-state index contributed by atoms with van der Waals surface area (Å²) in [5.74, 6) is -0.0555. The van der Waals surface area contributed by atoms with Crippen molar-refractivity contribution in [2.45, 2.75) is 24.2 Å². The number of halogens is 1. The minimum atomic E-state index is -1.17. The second-order valence-electron chi connectivity index (χ2n) is 7.62. The molecule has 3 fully saturated rings. The number of fused-ring (bicyclic) bond motifs is 3. The zero-order valence-electron chi connectivity index (χ0n) is 14.9. The first-order valence-electron chi connectivity index (χ1n) is 9.00. The average Bonchev–Trinajstić information content (AvgIpc) is 3.06. The van der Waals surface area contributed by atoms with E-state index in [1.165, 1.54) is 6.26 Å². The van der Waals surface area contributed by atoms with E-state index in [1.54, 1.807) is 4.90 Å². The minimum Gasteiger partial charge on any atom is -0.425 e. The maximum atomic E-state index is 12.5. The van der Waals surface area contributed by atoms with Gasteiger partial charge in [0, 0.05) is 30.6 Å². The Hall–Kier alpha value is -2.76. The Morgan fingerprint density at radius 1 is 1.25 bits per heavy atom. The minimum absolute atomic E-state index is 0. The van der Waals surface area contributed by atoms with Crippen LogP contribution in [0.4, 0.5) is 10.5 Å². The van der Waals surface area contributed by atoms with Crippen LogP contribution in [0.2, 0.25) is 0 Å². The predicted octanol–water partition coefficient (Wildman–Crippen LogP) is 2.30. The van der Waals surface area contributed by atoms with Gasteiger partial charge in [0.2, 0.25) is 0 Å². The zero-order chi connectivity index (χ0) is 18.4. The van der Waals surface area contributed by atoms with Crippen molar-refractivity contribution in [2.24, 2.45) is 11.8 Å². The number of hydrogen-bond acceptors (Lipinski definition) is 7. The summed E-state index contributed by atoms with van der Waals surface area (Å²) >= 11 is 0. The summed E-state index contributed by atoms with van der Waals surface area (Å²) in [6.07, 6.45) is 0.968. The molecule has 5 atom stereocenters. The van der Waals surface area contributed by atoms with E-state index in [9.17, 15) is 10.1 Å². The SMILES string of the molecule is CC1N(c2ccc([C@]3(C#N)[C@@H]4CNC[C@@H]43)cc2)C(=O)O[C@@]12Oc1nocc12.Cl. The fourth-order valence-corrected chi connectivity index (χ4v) is 5.09. The lowest BCUT2D eigenvalue weighted by Crippen LogP contribution is -2.51. The smallest absolute Gasteiger partial charge is 0.418 e. The van der Waals surface area contributed by atoms with E-state index in [0.29, 0.717) is 29.0 Å². The van der Waals surface area contributed by atoms with E-state index in [0.717, 1.165) is 18.7 Å². The van der Waals surface area contributed by atoms with Gasteiger partial charge in [0.15, 0.2) is 0 Å². The lowest BCUT2D eigenvalue weighted by atomic mass is 9.91. The summed E-state index contributed by atoms with van der Waals surface area (Å²) in [7, 11) is 0. The molecule has 8 nitrogen and oxygen atoms in total. The molecule has 1 unspecified atom stereocenters. The van der Waals surface area contributed by atoms with Crippen molar-refractivity contribution in [1.29, 1.82) is 5.26 Å². The highest BCUT2D eigenvalue weighted by Gasteiger charge is 2.68. The largest absolute Gasteiger partial charge is 0.425 e. The summed E-state index contributed by atoms with van der Waals surface area (Å²) in [6, 6.07) is 9.81. The van der Waals surface area contributed by atoms with E-state index in [-0.39, 0.29) is 18.4 Å². The van der Waals surface area contributed by atoms with Crippen LogP contribution in [0, 0.1) is 23.2 Å². The molecule has 4 heterocycles. The molecule has 0 bridgehead atoms. The topological polar surface area (TPSA) is 101 Å². The monoisotopic (exact) mass is 400 g/mol. The highest BCUT2D eigenvalue weighted by Crippen LogP contribution is 2.61. The van der Waals surface area contributed by atoms with E-state index >= 15 is 0 Å². The van der Waals surface area contributed by atoms with Crippen LogP contribution in [0.25, 0.3) is 0 Å². The van der Waals surface area contributed by atoms with Gasteiger partial charge >= 0.3 is 11.9 Å². The molecule has 1 aliphatic carbocycles. The first kappa shape index (κ1) is 17.3. The Labute approximate surface area is 166 Å². The van der Waals surface area contributed by atoms with Gasteiger partial charge in [0.1, 0.15) is 17.9 Å². The van der Waals surface area contributed by atoms with Crippen molar-refractivity contribution in [3.8, 4) is 11.9 Å². The summed E-state index contributed by atoms with van der Waals surface area (Å²) < 4.78 is 16.1. The number of hydrogen-bond donors (Lipinski definition) is 1. The van der Waals surface area contributed by atoms with Crippen molar-refractivity contribution < 1.29 is 18.8 Å². The number of benzene rings is 1. The van der Waals surface area contributed by atoms with Gasteiger partial charge in [-0.25, -0.2) is 4.79 Å². The Morgan fingerprint density at radius 2 is 1.96 bits per heavy atom. The Balaban J connectivity index is 0.00000171. The van der Waals surface area contributed by atoms with E-state index in [4.69, 9.17) is 14.0 Å². The lowest BCUT2D eigenvalue weighted by Gasteiger charge is -2.37. The van der Waals surface area contributed by atoms with Gasteiger partial charge < -0.3 is 19.3 Å². The maximum Gasteiger partial charge on any atom is 0.418 e. The molecule has 28 heavy (non-hydrogen) atoms. The van der Waals surface area contributed by atoms with E-state index in [2.05, 4.69) is 16.5 Å². The van der Waals surface area contributed by atoms with Crippen LogP contribution in [-0.4, -0.2) is 30.4 Å². The van der Waals surface area contributed by atoms with Gasteiger partial charge in [0.25, 0.3) is 5.88 Å². The van der Waals surface area contributed by atoms with Gasteiger partial charge in [-0.2, -0.15) is 5.26 Å². The number of carbonyl (C=O) groups excluding carboxylic acids is 1. The van der Waals surface area contributed by atoms with Gasteiger partial charge in [-0.15, -0.1) is 12.4 Å². The van der Waals surface area contributed by atoms with Crippen LogP contribution in [0.3, 0.4) is 0 Å². The van der Waals surface area contributed by atoms with Crippen molar-refractivity contribution in [3.63, 3.8) is 0 Å². The van der Waals surface area contributed by atoms with Crippen molar-refractivity contribution in [2.75, 3.05) is 18.0 Å². The van der Waals surface area contributed by atoms with Crippen LogP contribution in [0.15, 0.2) is 35.1 Å². The third kappa shape index (κ3) is 1.79. The third-order valence-corrected chi connectivity index (χ3v) is 6.62. The number of nitrogens with zero attached hydrogens (tertiary/aromatic N) is 3. The Morgan fingerprint density at radius 3 is 2.61 bits per heavy atom. The summed E-state index contributed by atoms with van der Waals surface area (Å²) in [5.41, 5.74) is 1.97. The number of nitriles is 1. The van der Waals surface area contributed by atoms with E-state index in [1.807, 2.05) is 31.2 Å². The van der Waals surface area contributed by atoms with Gasteiger partial charge in [0.05, 0.1) is 11.5 Å². The van der Waals surface area contributed by atoms with Crippen LogP contribution in [0.5, 0.6) is 5.88 Å². The van der Waals surface area contributed by atoms with Crippen LogP contribution in [-0.2, 0) is 15.9 Å². The molecule has 1 spiro atoms. The molecule has 9 heteroatoms.